The molecule has 0 bridgehead atoms. The summed E-state index contributed by atoms with van der Waals surface area (Å²) in [7, 11) is 0. The van der Waals surface area contributed by atoms with Gasteiger partial charge in [-0.15, -0.1) is 23.5 Å². The van der Waals surface area contributed by atoms with Gasteiger partial charge in [0.2, 0.25) is 0 Å². The van der Waals surface area contributed by atoms with Crippen molar-refractivity contribution in [1.29, 1.82) is 0 Å². The van der Waals surface area contributed by atoms with Crippen LogP contribution in [0.1, 0.15) is 105 Å². The van der Waals surface area contributed by atoms with Gasteiger partial charge in [-0.1, -0.05) is 165 Å². The van der Waals surface area contributed by atoms with Gasteiger partial charge in [-0.05, 0) is 161 Å². The number of rotatable bonds is 21. The zero-order valence-corrected chi connectivity index (χ0v) is 55.1. The first-order chi connectivity index (χ1) is 36.7. The fourth-order valence-electron chi connectivity index (χ4n) is 7.18. The number of thioether (sulfide) groups is 2. The van der Waals surface area contributed by atoms with Crippen molar-refractivity contribution in [3.63, 3.8) is 0 Å². The van der Waals surface area contributed by atoms with E-state index in [4.69, 9.17) is 64.7 Å². The molecule has 0 N–H and O–H groups in total. The Morgan fingerprint density at radius 1 is 0.474 bits per heavy atom. The van der Waals surface area contributed by atoms with E-state index in [1.54, 1.807) is 35.3 Å². The first-order valence-corrected chi connectivity index (χ1v) is 31.6. The Morgan fingerprint density at radius 3 is 1.23 bits per heavy atom. The normalized spacial score (nSPS) is 11.7. The van der Waals surface area contributed by atoms with Gasteiger partial charge in [-0.25, -0.2) is 0 Å². The van der Waals surface area contributed by atoms with Crippen molar-refractivity contribution < 1.29 is 30.7 Å². The summed E-state index contributed by atoms with van der Waals surface area (Å²) in [6.07, 6.45) is 3.04. The molecule has 7 aromatic rings. The summed E-state index contributed by atoms with van der Waals surface area (Å²) < 4.78 is 20.7. The third-order valence-electron chi connectivity index (χ3n) is 11.8. The maximum absolute atomic E-state index is 12.2. The Morgan fingerprint density at radius 2 is 0.833 bits per heavy atom. The molecular weight excluding hydrogens is 1180 g/mol. The van der Waals surface area contributed by atoms with Crippen LogP contribution in [0, 0.1) is 59.3 Å². The second-order valence-electron chi connectivity index (χ2n) is 20.0. The van der Waals surface area contributed by atoms with Crippen LogP contribution in [0.15, 0.2) is 160 Å². The van der Waals surface area contributed by atoms with Gasteiger partial charge in [0.25, 0.3) is 4.06 Å². The molecule has 78 heavy (non-hydrogen) atoms. The van der Waals surface area contributed by atoms with Gasteiger partial charge in [0.15, 0.2) is 0 Å². The first-order valence-electron chi connectivity index (χ1n) is 25.9. The van der Waals surface area contributed by atoms with Crippen LogP contribution in [0.5, 0.6) is 17.2 Å². The minimum atomic E-state index is 0. The molecule has 6 aromatic carbocycles. The maximum atomic E-state index is 12.2. The van der Waals surface area contributed by atoms with Crippen molar-refractivity contribution >= 4 is 118 Å². The van der Waals surface area contributed by atoms with Gasteiger partial charge in [-0.2, -0.15) is 18.3 Å². The zero-order valence-electron chi connectivity index (χ0n) is 46.7. The monoisotopic (exact) mass is 1250 g/mol. The third kappa shape index (κ3) is 21.7. The fourth-order valence-corrected chi connectivity index (χ4v) is 13.7. The smallest absolute Gasteiger partial charge is 0.289 e. The van der Waals surface area contributed by atoms with Crippen LogP contribution in [-0.2, 0) is 67.0 Å². The van der Waals surface area contributed by atoms with Gasteiger partial charge < -0.3 is 64.7 Å². The molecule has 1 heterocycles. The van der Waals surface area contributed by atoms with Crippen molar-refractivity contribution in [3.8, 4) is 27.7 Å². The number of benzene rings is 6. The van der Waals surface area contributed by atoms with Crippen molar-refractivity contribution in [2.75, 3.05) is 19.8 Å². The number of hydrogen-bond donors (Lipinski definition) is 0. The molecule has 0 aliphatic carbocycles. The molecular formula is C64H72NiO4S9-4. The van der Waals surface area contributed by atoms with E-state index in [1.165, 1.54) is 49.8 Å². The minimum absolute atomic E-state index is 0. The fraction of sp³-hybridized carbons (Fsp3) is 0.328. The van der Waals surface area contributed by atoms with Crippen molar-refractivity contribution in [2.45, 2.75) is 121 Å². The Hall–Kier alpha value is -3.53. The molecule has 420 valence electrons. The van der Waals surface area contributed by atoms with Gasteiger partial charge in [0, 0.05) is 36.7 Å². The molecule has 0 amide bonds. The van der Waals surface area contributed by atoms with Gasteiger partial charge in [0.1, 0.15) is 17.2 Å². The molecule has 0 radical (unpaired) electrons. The van der Waals surface area contributed by atoms with E-state index in [1.807, 2.05) is 66.7 Å². The van der Waals surface area contributed by atoms with E-state index in [0.29, 0.717) is 55.9 Å². The molecule has 0 aliphatic rings. The second kappa shape index (κ2) is 34.0. The van der Waals surface area contributed by atoms with Crippen LogP contribution in [0.2, 0.25) is 0 Å². The molecule has 0 saturated heterocycles. The Kier molecular flexibility index (Phi) is 29.2. The number of ether oxygens (including phenoxy) is 3. The molecule has 7 rings (SSSR count). The molecule has 0 fully saturated rings. The summed E-state index contributed by atoms with van der Waals surface area (Å²) in [5, 5.41) is 0. The Bertz CT molecular complexity index is 3010. The average Bonchev–Trinajstić information content (AvgIpc) is 3.80. The zero-order chi connectivity index (χ0) is 56.2. The summed E-state index contributed by atoms with van der Waals surface area (Å²) >= 11 is 30.1. The third-order valence-corrected chi connectivity index (χ3v) is 19.9. The topological polar surface area (TPSA) is 44.8 Å². The maximum Gasteiger partial charge on any atom is 0.289 e. The molecule has 1 aromatic heterocycles. The summed E-state index contributed by atoms with van der Waals surface area (Å²) in [5.41, 5.74) is 9.96. The van der Waals surface area contributed by atoms with E-state index in [9.17, 15) is 4.79 Å². The molecule has 4 nitrogen and oxygen atoms in total. The number of aryl methyl sites for hydroxylation is 6. The van der Waals surface area contributed by atoms with Gasteiger partial charge in [-0.3, -0.25) is 4.79 Å². The van der Waals surface area contributed by atoms with Crippen LogP contribution >= 0.6 is 58.0 Å². The van der Waals surface area contributed by atoms with Crippen LogP contribution in [0.4, 0.5) is 0 Å². The standard InChI is InChI=1S/C22H24O2S3.2C21H26OS3.Ni/c1-14(2)11-12-24-18-10-9-15(3)13-17(18)20-21(27-22(23)26-20)25-19-8-6-5-7-16(19)4;2*1-14(2)11-12-22-18-10-9-15(3)13-17(18)20(23)21(24)25-19-8-6-5-7-16(19)4;/h5-10,13-14H,11-12H2,1-4H3;2*5-10,13-14,23-24H,11-12H2,1-4H3;/p-4. The predicted molar refractivity (Wildman–Crippen MR) is 349 cm³/mol. The molecule has 0 aliphatic heterocycles. The van der Waals surface area contributed by atoms with Crippen molar-refractivity contribution in [2.24, 2.45) is 17.8 Å². The molecule has 14 heteroatoms. The van der Waals surface area contributed by atoms with Crippen LogP contribution < -0.4 is 18.3 Å². The Labute approximate surface area is 519 Å². The molecule has 0 atom stereocenters. The van der Waals surface area contributed by atoms with Crippen LogP contribution in [0.3, 0.4) is 0 Å². The Balaban J connectivity index is 0.000000251. The second-order valence-corrected chi connectivity index (χ2v) is 27.8. The summed E-state index contributed by atoms with van der Waals surface area (Å²) in [6.45, 7) is 27.7. The van der Waals surface area contributed by atoms with Crippen LogP contribution in [-0.4, -0.2) is 19.8 Å². The molecule has 0 saturated carbocycles. The molecule has 0 unspecified atom stereocenters. The summed E-state index contributed by atoms with van der Waals surface area (Å²) in [6, 6.07) is 43.2. The van der Waals surface area contributed by atoms with Gasteiger partial charge in [0.05, 0.1) is 28.9 Å². The van der Waals surface area contributed by atoms with E-state index in [0.717, 1.165) is 83.2 Å². The van der Waals surface area contributed by atoms with Gasteiger partial charge >= 0.3 is 0 Å². The van der Waals surface area contributed by atoms with Crippen molar-refractivity contribution in [1.82, 2.24) is 0 Å². The quantitative estimate of drug-likeness (QED) is 0.0393. The predicted octanol–water partition coefficient (Wildman–Crippen LogP) is 19.5. The summed E-state index contributed by atoms with van der Waals surface area (Å²) in [5.74, 6) is 4.33. The van der Waals surface area contributed by atoms with E-state index >= 15 is 0 Å². The minimum Gasteiger partial charge on any atom is -0.780 e. The summed E-state index contributed by atoms with van der Waals surface area (Å²) in [4.78, 5) is 18.1. The van der Waals surface area contributed by atoms with E-state index in [2.05, 4.69) is 144 Å². The van der Waals surface area contributed by atoms with Crippen LogP contribution in [0.25, 0.3) is 20.3 Å². The van der Waals surface area contributed by atoms with E-state index in [-0.39, 0.29) is 20.5 Å². The number of hydrogen-bond acceptors (Lipinski definition) is 13. The SMILES string of the molecule is Cc1ccc(OCCC(C)C)c(-c2sc(=O)sc2Sc2ccccc2C)c1.Cc1ccc(OCCC(C)C)c(C([S-])=C([S-])Sc2ccccc2C)c1.Cc1ccc(OCCC(C)C)c(C([S-])=C([S-])Sc2ccccc2C)c1.[Ni]. The van der Waals surface area contributed by atoms with E-state index < -0.39 is 0 Å². The molecule has 0 spiro atoms. The van der Waals surface area contributed by atoms with Crippen molar-refractivity contribution in [3.05, 3.63) is 189 Å². The average molecular weight is 1250 g/mol. The first kappa shape index (κ1) is 67.0. The largest absolute Gasteiger partial charge is 0.780 e.